The normalized spacial score (nSPS) is 12.5. The summed E-state index contributed by atoms with van der Waals surface area (Å²) in [5.74, 6) is -0.243. The second-order valence-corrected chi connectivity index (χ2v) is 4.52. The molecule has 1 heterocycles. The molecule has 0 spiro atoms. The lowest BCUT2D eigenvalue weighted by molar-refractivity contribution is -0.121. The molecule has 0 aliphatic carbocycles. The third-order valence-corrected chi connectivity index (χ3v) is 2.87. The third-order valence-electron chi connectivity index (χ3n) is 2.87. The Kier molecular flexibility index (Phi) is 4.01. The Morgan fingerprint density at radius 1 is 1.47 bits per heavy atom. The zero-order chi connectivity index (χ0) is 13.8. The first kappa shape index (κ1) is 13.4. The van der Waals surface area contributed by atoms with Crippen LogP contribution in [-0.2, 0) is 11.3 Å². The number of aliphatic hydroxyl groups excluding tert-OH is 1. The Labute approximate surface area is 110 Å². The molecule has 6 heteroatoms. The number of nitrogens with one attached hydrogen (secondary N) is 2. The number of H-pyrrole nitrogens is 1. The predicted octanol–water partition coefficient (Wildman–Crippen LogP) is 0.217. The van der Waals surface area contributed by atoms with Gasteiger partial charge >= 0.3 is 5.69 Å². The van der Waals surface area contributed by atoms with E-state index in [9.17, 15) is 9.59 Å². The number of hydrogen-bond acceptors (Lipinski definition) is 3. The van der Waals surface area contributed by atoms with Crippen molar-refractivity contribution >= 4 is 16.9 Å². The minimum Gasteiger partial charge on any atom is -0.393 e. The molecule has 1 unspecified atom stereocenters. The van der Waals surface area contributed by atoms with Gasteiger partial charge in [-0.1, -0.05) is 12.1 Å². The van der Waals surface area contributed by atoms with E-state index in [1.165, 1.54) is 4.57 Å². The molecule has 0 fully saturated rings. The number of aromatic amines is 1. The second-order valence-electron chi connectivity index (χ2n) is 4.52. The van der Waals surface area contributed by atoms with Crippen LogP contribution in [0.2, 0.25) is 0 Å². The van der Waals surface area contributed by atoms with E-state index < -0.39 is 6.10 Å². The van der Waals surface area contributed by atoms with Crippen molar-refractivity contribution < 1.29 is 9.90 Å². The highest BCUT2D eigenvalue weighted by Crippen LogP contribution is 2.08. The number of benzene rings is 1. The highest BCUT2D eigenvalue weighted by molar-refractivity contribution is 5.80. The van der Waals surface area contributed by atoms with E-state index in [0.717, 1.165) is 0 Å². The van der Waals surface area contributed by atoms with E-state index in [2.05, 4.69) is 10.3 Å². The van der Waals surface area contributed by atoms with Crippen LogP contribution in [-0.4, -0.2) is 33.2 Å². The number of carbonyl (C=O) groups excluding carboxylic acids is 1. The minimum atomic E-state index is -0.448. The van der Waals surface area contributed by atoms with Gasteiger partial charge in [0.2, 0.25) is 5.91 Å². The average molecular weight is 263 g/mol. The summed E-state index contributed by atoms with van der Waals surface area (Å²) >= 11 is 0. The van der Waals surface area contributed by atoms with E-state index in [0.29, 0.717) is 24.0 Å². The highest BCUT2D eigenvalue weighted by Gasteiger charge is 2.09. The molecule has 2 aromatic rings. The van der Waals surface area contributed by atoms with Gasteiger partial charge in [-0.15, -0.1) is 0 Å². The van der Waals surface area contributed by atoms with Crippen molar-refractivity contribution in [2.24, 2.45) is 0 Å². The summed E-state index contributed by atoms with van der Waals surface area (Å²) in [4.78, 5) is 26.2. The zero-order valence-corrected chi connectivity index (χ0v) is 10.7. The Bertz CT molecular complexity index is 627. The van der Waals surface area contributed by atoms with Crippen LogP contribution in [0, 0.1) is 0 Å². The van der Waals surface area contributed by atoms with Crippen molar-refractivity contribution in [1.29, 1.82) is 0 Å². The molecule has 0 bridgehead atoms. The molecule has 1 amide bonds. The van der Waals surface area contributed by atoms with Crippen molar-refractivity contribution in [3.05, 3.63) is 34.7 Å². The fraction of sp³-hybridized carbons (Fsp3) is 0.385. The van der Waals surface area contributed by atoms with Gasteiger partial charge in [0.1, 0.15) is 6.54 Å². The van der Waals surface area contributed by atoms with Gasteiger partial charge in [-0.3, -0.25) is 9.36 Å². The Hall–Kier alpha value is -2.08. The van der Waals surface area contributed by atoms with Crippen LogP contribution in [0.25, 0.3) is 11.0 Å². The molecule has 0 saturated heterocycles. The Morgan fingerprint density at radius 2 is 2.21 bits per heavy atom. The molecule has 0 radical (unpaired) electrons. The van der Waals surface area contributed by atoms with Crippen LogP contribution in [0.1, 0.15) is 13.3 Å². The number of aromatic nitrogens is 2. The maximum Gasteiger partial charge on any atom is 0.326 e. The van der Waals surface area contributed by atoms with Gasteiger partial charge in [0.05, 0.1) is 17.1 Å². The number of nitrogens with zero attached hydrogens (tertiary/aromatic N) is 1. The van der Waals surface area contributed by atoms with Crippen LogP contribution >= 0.6 is 0 Å². The number of aliphatic hydroxyl groups is 1. The van der Waals surface area contributed by atoms with Crippen LogP contribution in [0.3, 0.4) is 0 Å². The molecule has 2 rings (SSSR count). The van der Waals surface area contributed by atoms with E-state index in [1.54, 1.807) is 19.1 Å². The molecule has 6 nitrogen and oxygen atoms in total. The van der Waals surface area contributed by atoms with Crippen molar-refractivity contribution in [3.8, 4) is 0 Å². The average Bonchev–Trinajstić information content (AvgIpc) is 2.66. The molecule has 0 saturated carbocycles. The van der Waals surface area contributed by atoms with Gasteiger partial charge in [-0.25, -0.2) is 4.79 Å². The van der Waals surface area contributed by atoms with E-state index in [-0.39, 0.29) is 18.1 Å². The zero-order valence-electron chi connectivity index (χ0n) is 10.7. The maximum atomic E-state index is 11.7. The summed E-state index contributed by atoms with van der Waals surface area (Å²) in [6, 6.07) is 7.22. The lowest BCUT2D eigenvalue weighted by atomic mass is 10.3. The Morgan fingerprint density at radius 3 is 2.95 bits per heavy atom. The van der Waals surface area contributed by atoms with Crippen LogP contribution in [0.4, 0.5) is 0 Å². The molecule has 1 aromatic heterocycles. The second kappa shape index (κ2) is 5.71. The maximum absolute atomic E-state index is 11.7. The van der Waals surface area contributed by atoms with Crippen molar-refractivity contribution in [2.75, 3.05) is 6.54 Å². The van der Waals surface area contributed by atoms with Crippen molar-refractivity contribution in [1.82, 2.24) is 14.9 Å². The van der Waals surface area contributed by atoms with Gasteiger partial charge < -0.3 is 15.4 Å². The summed E-state index contributed by atoms with van der Waals surface area (Å²) in [5, 5.41) is 11.8. The fourth-order valence-corrected chi connectivity index (χ4v) is 1.88. The lowest BCUT2D eigenvalue weighted by Crippen LogP contribution is -2.32. The first-order valence-electron chi connectivity index (χ1n) is 6.20. The number of para-hydroxylation sites is 2. The standard InChI is InChI=1S/C13H17N3O3/c1-9(17)6-7-14-12(18)8-16-11-5-3-2-4-10(11)15-13(16)19/h2-5,9,17H,6-8H2,1H3,(H,14,18)(H,15,19). The minimum absolute atomic E-state index is 0.0251. The van der Waals surface area contributed by atoms with Gasteiger partial charge in [-0.2, -0.15) is 0 Å². The van der Waals surface area contributed by atoms with E-state index in [1.807, 2.05) is 12.1 Å². The Balaban J connectivity index is 2.07. The molecule has 19 heavy (non-hydrogen) atoms. The molecule has 3 N–H and O–H groups in total. The van der Waals surface area contributed by atoms with Crippen LogP contribution in [0.15, 0.2) is 29.1 Å². The number of fused-ring (bicyclic) bond motifs is 1. The smallest absolute Gasteiger partial charge is 0.326 e. The highest BCUT2D eigenvalue weighted by atomic mass is 16.3. The molecular weight excluding hydrogens is 246 g/mol. The molecule has 0 aliphatic heterocycles. The molecule has 1 atom stereocenters. The number of carbonyl (C=O) groups is 1. The molecule has 1 aromatic carbocycles. The summed E-state index contributed by atoms with van der Waals surface area (Å²) in [6.45, 7) is 2.03. The summed E-state index contributed by atoms with van der Waals surface area (Å²) < 4.78 is 1.40. The first-order chi connectivity index (χ1) is 9.08. The molecular formula is C13H17N3O3. The summed E-state index contributed by atoms with van der Waals surface area (Å²) in [5.41, 5.74) is 1.12. The first-order valence-corrected chi connectivity index (χ1v) is 6.20. The number of imidazole rings is 1. The van der Waals surface area contributed by atoms with E-state index in [4.69, 9.17) is 5.11 Å². The third kappa shape index (κ3) is 3.23. The van der Waals surface area contributed by atoms with Gasteiger partial charge in [-0.05, 0) is 25.5 Å². The molecule has 0 aliphatic rings. The lowest BCUT2D eigenvalue weighted by Gasteiger charge is -2.07. The van der Waals surface area contributed by atoms with Crippen LogP contribution in [0.5, 0.6) is 0 Å². The largest absolute Gasteiger partial charge is 0.393 e. The van der Waals surface area contributed by atoms with Crippen molar-refractivity contribution in [2.45, 2.75) is 26.0 Å². The number of hydrogen-bond donors (Lipinski definition) is 3. The predicted molar refractivity (Wildman–Crippen MR) is 71.9 cm³/mol. The van der Waals surface area contributed by atoms with Gasteiger partial charge in [0, 0.05) is 6.54 Å². The SMILES string of the molecule is CC(O)CCNC(=O)Cn1c(=O)[nH]c2ccccc21. The fourth-order valence-electron chi connectivity index (χ4n) is 1.88. The van der Waals surface area contributed by atoms with E-state index >= 15 is 0 Å². The number of rotatable bonds is 5. The topological polar surface area (TPSA) is 87.1 Å². The summed E-state index contributed by atoms with van der Waals surface area (Å²) in [6.07, 6.45) is 0.0465. The van der Waals surface area contributed by atoms with Gasteiger partial charge in [0.25, 0.3) is 0 Å². The van der Waals surface area contributed by atoms with Crippen molar-refractivity contribution in [3.63, 3.8) is 0 Å². The summed E-state index contributed by atoms with van der Waals surface area (Å²) in [7, 11) is 0. The van der Waals surface area contributed by atoms with Crippen LogP contribution < -0.4 is 11.0 Å². The monoisotopic (exact) mass is 263 g/mol. The molecule has 102 valence electrons. The van der Waals surface area contributed by atoms with Gasteiger partial charge in [0.15, 0.2) is 0 Å². The quantitative estimate of drug-likeness (QED) is 0.721. The number of amides is 1.